The van der Waals surface area contributed by atoms with Crippen molar-refractivity contribution in [2.75, 3.05) is 39.6 Å². The maximum absolute atomic E-state index is 6.38. The molecular formula is C91H142O6Si3. The van der Waals surface area contributed by atoms with Crippen molar-refractivity contribution in [1.82, 2.24) is 0 Å². The molecule has 6 aromatic carbocycles. The van der Waals surface area contributed by atoms with Gasteiger partial charge in [-0.1, -0.05) is 348 Å². The van der Waals surface area contributed by atoms with Crippen LogP contribution in [-0.2, 0) is 0 Å². The van der Waals surface area contributed by atoms with Crippen LogP contribution in [0.3, 0.4) is 0 Å². The summed E-state index contributed by atoms with van der Waals surface area (Å²) in [7, 11) is -4.83. The van der Waals surface area contributed by atoms with Crippen molar-refractivity contribution in [3.63, 3.8) is 0 Å². The maximum Gasteiger partial charge on any atom is 0.119 e. The SMILES string of the molecule is CCCCCCCCCCCOc1ccc(-c2ccc(OCCCCC[Si](C)(C)C([Si](C)(C)CCCCCOc3ccc(-c4ccc(OCCCCCCCCCCC)cc4)cc3)[Si](C)(C)CCCCCOc3ccc(-c4ccc(OCCCCCCCCCCC)cc4)cc3)cc2)cc1. The first kappa shape index (κ1) is 83.7. The van der Waals surface area contributed by atoms with Gasteiger partial charge in [-0.2, -0.15) is 0 Å². The van der Waals surface area contributed by atoms with Crippen molar-refractivity contribution < 1.29 is 28.4 Å². The van der Waals surface area contributed by atoms with E-state index in [9.17, 15) is 0 Å². The van der Waals surface area contributed by atoms with Crippen LogP contribution < -0.4 is 28.4 Å². The number of benzene rings is 6. The summed E-state index contributed by atoms with van der Waals surface area (Å²) in [4.78, 5) is 0.960. The molecule has 0 atom stereocenters. The molecule has 0 saturated heterocycles. The van der Waals surface area contributed by atoms with Crippen LogP contribution in [0.15, 0.2) is 146 Å². The molecule has 6 rings (SSSR count). The highest BCUT2D eigenvalue weighted by atomic mass is 28.5. The first-order chi connectivity index (χ1) is 48.8. The first-order valence-electron chi connectivity index (χ1n) is 41.2. The third-order valence-electron chi connectivity index (χ3n) is 21.2. The van der Waals surface area contributed by atoms with Crippen molar-refractivity contribution in [2.24, 2.45) is 0 Å². The zero-order chi connectivity index (χ0) is 71.0. The Hall–Kier alpha value is -5.23. The normalized spacial score (nSPS) is 11.9. The Morgan fingerprint density at radius 3 is 0.490 bits per heavy atom. The number of rotatable bonds is 60. The monoisotopic (exact) mass is 1420 g/mol. The Morgan fingerprint density at radius 2 is 0.330 bits per heavy atom. The average molecular weight is 1420 g/mol. The molecule has 0 fully saturated rings. The van der Waals surface area contributed by atoms with E-state index < -0.39 is 24.2 Å². The van der Waals surface area contributed by atoms with E-state index in [1.807, 2.05) is 0 Å². The van der Waals surface area contributed by atoms with Gasteiger partial charge in [0.05, 0.1) is 39.6 Å². The number of ether oxygens (including phenoxy) is 6. The van der Waals surface area contributed by atoms with Crippen molar-refractivity contribution in [2.45, 2.75) is 314 Å². The summed E-state index contributed by atoms with van der Waals surface area (Å²) in [6.07, 6.45) is 46.8. The maximum atomic E-state index is 6.38. The van der Waals surface area contributed by atoms with E-state index in [1.165, 1.54) is 244 Å². The molecule has 0 unspecified atom stereocenters. The lowest BCUT2D eigenvalue weighted by atomic mass is 10.1. The molecule has 100 heavy (non-hydrogen) atoms. The van der Waals surface area contributed by atoms with Gasteiger partial charge in [0.1, 0.15) is 34.5 Å². The van der Waals surface area contributed by atoms with Gasteiger partial charge in [0.15, 0.2) is 0 Å². The first-order valence-corrected chi connectivity index (χ1v) is 51.0. The minimum Gasteiger partial charge on any atom is -0.494 e. The van der Waals surface area contributed by atoms with Crippen LogP contribution in [-0.4, -0.2) is 63.9 Å². The van der Waals surface area contributed by atoms with Crippen LogP contribution in [0, 0.1) is 0 Å². The lowest BCUT2D eigenvalue weighted by molar-refractivity contribution is 0.304. The Balaban J connectivity index is 0.923. The molecule has 0 N–H and O–H groups in total. The van der Waals surface area contributed by atoms with E-state index in [-0.39, 0.29) is 0 Å². The molecule has 0 amide bonds. The lowest BCUT2D eigenvalue weighted by Crippen LogP contribution is -2.59. The van der Waals surface area contributed by atoms with Crippen LogP contribution >= 0.6 is 0 Å². The van der Waals surface area contributed by atoms with E-state index >= 15 is 0 Å². The summed E-state index contributed by atoms with van der Waals surface area (Å²) in [5.41, 5.74) is 7.26. The summed E-state index contributed by atoms with van der Waals surface area (Å²) in [6, 6.07) is 56.2. The van der Waals surface area contributed by atoms with E-state index in [2.05, 4.69) is 206 Å². The molecule has 0 aromatic heterocycles. The fourth-order valence-corrected chi connectivity index (χ4v) is 48.4. The number of hydrogen-bond donors (Lipinski definition) is 0. The molecule has 554 valence electrons. The van der Waals surface area contributed by atoms with Crippen LogP contribution in [0.25, 0.3) is 33.4 Å². The van der Waals surface area contributed by atoms with Crippen molar-refractivity contribution in [3.8, 4) is 67.9 Å². The summed E-state index contributed by atoms with van der Waals surface area (Å²) in [5.74, 6) is 5.78. The Morgan fingerprint density at radius 1 is 0.190 bits per heavy atom. The Kier molecular flexibility index (Phi) is 42.0. The summed E-state index contributed by atoms with van der Waals surface area (Å²) in [5, 5.41) is 0. The van der Waals surface area contributed by atoms with Crippen molar-refractivity contribution >= 4 is 24.2 Å². The second-order valence-corrected chi connectivity index (χ2v) is 48.4. The molecule has 0 aliphatic rings. The molecule has 0 bridgehead atoms. The number of unbranched alkanes of at least 4 members (excludes halogenated alkanes) is 30. The fraction of sp³-hybridized carbons (Fsp3) is 0.604. The van der Waals surface area contributed by atoms with Crippen LogP contribution in [0.4, 0.5) is 0 Å². The third kappa shape index (κ3) is 34.4. The van der Waals surface area contributed by atoms with Gasteiger partial charge in [0.2, 0.25) is 0 Å². The summed E-state index contributed by atoms with van der Waals surface area (Å²) in [6.45, 7) is 28.3. The minimum atomic E-state index is -1.61. The van der Waals surface area contributed by atoms with Crippen molar-refractivity contribution in [3.05, 3.63) is 146 Å². The molecular weight excluding hydrogens is 1270 g/mol. The van der Waals surface area contributed by atoms with Gasteiger partial charge in [-0.3, -0.25) is 0 Å². The standard InChI is InChI=1S/C91H142O6Si3/c1-10-13-16-19-22-25-28-31-37-70-92-85-58-46-79(47-59-85)82-52-64-88(65-53-82)95-73-40-34-43-76-98(4,5)91(99(6,7)77-44-35-41-74-96-89-66-54-83(55-67-89)80-48-60-86(61-49-80)93-71-38-32-29-26-23-20-17-14-11-2)100(8,9)78-45-36-42-75-97-90-68-56-84(57-69-90)81-50-62-87(63-51-81)94-72-39-33-30-27-24-21-18-15-12-3/h46-69,91H,10-45,70-78H2,1-9H3. The van der Waals surface area contributed by atoms with Gasteiger partial charge in [0, 0.05) is 24.2 Å². The van der Waals surface area contributed by atoms with Gasteiger partial charge in [-0.25, -0.2) is 0 Å². The highest BCUT2D eigenvalue weighted by Gasteiger charge is 2.50. The van der Waals surface area contributed by atoms with Crippen LogP contribution in [0.5, 0.6) is 34.5 Å². The van der Waals surface area contributed by atoms with Gasteiger partial charge in [0.25, 0.3) is 0 Å². The van der Waals surface area contributed by atoms with Gasteiger partial charge < -0.3 is 28.4 Å². The predicted molar refractivity (Wildman–Crippen MR) is 442 cm³/mol. The smallest absolute Gasteiger partial charge is 0.119 e. The van der Waals surface area contributed by atoms with Crippen LogP contribution in [0.2, 0.25) is 62.2 Å². The van der Waals surface area contributed by atoms with Gasteiger partial charge in [-0.15, -0.1) is 0 Å². The Bertz CT molecular complexity index is 2620. The largest absolute Gasteiger partial charge is 0.494 e. The van der Waals surface area contributed by atoms with E-state index in [0.29, 0.717) is 0 Å². The molecule has 0 aliphatic heterocycles. The topological polar surface area (TPSA) is 55.4 Å². The minimum absolute atomic E-state index is 0.772. The van der Waals surface area contributed by atoms with Crippen molar-refractivity contribution in [1.29, 1.82) is 0 Å². The highest BCUT2D eigenvalue weighted by Crippen LogP contribution is 2.47. The van der Waals surface area contributed by atoms with E-state index in [0.717, 1.165) is 117 Å². The summed E-state index contributed by atoms with van der Waals surface area (Å²) < 4.78 is 37.5. The van der Waals surface area contributed by atoms with E-state index in [1.54, 1.807) is 0 Å². The Labute approximate surface area is 616 Å². The average Bonchev–Trinajstić information content (AvgIpc) is 0.774. The van der Waals surface area contributed by atoms with Crippen LogP contribution in [0.1, 0.15) is 252 Å². The van der Waals surface area contributed by atoms with E-state index in [4.69, 9.17) is 28.4 Å². The molecule has 0 saturated carbocycles. The third-order valence-corrected chi connectivity index (χ3v) is 44.9. The fourth-order valence-electron chi connectivity index (χ4n) is 16.0. The zero-order valence-electron chi connectivity index (χ0n) is 65.2. The summed E-state index contributed by atoms with van der Waals surface area (Å²) >= 11 is 0. The molecule has 0 aliphatic carbocycles. The lowest BCUT2D eigenvalue weighted by Gasteiger charge is -2.51. The zero-order valence-corrected chi connectivity index (χ0v) is 68.2. The molecule has 9 heteroatoms. The van der Waals surface area contributed by atoms with Gasteiger partial charge in [-0.05, 0) is 145 Å². The quantitative estimate of drug-likeness (QED) is 0.0280. The molecule has 0 heterocycles. The second kappa shape index (κ2) is 50.2. The van der Waals surface area contributed by atoms with Gasteiger partial charge >= 0.3 is 0 Å². The number of hydrogen-bond acceptors (Lipinski definition) is 6. The molecule has 0 spiro atoms. The predicted octanol–water partition coefficient (Wildman–Crippen LogP) is 29.0. The second-order valence-electron chi connectivity index (χ2n) is 31.6. The highest BCUT2D eigenvalue weighted by molar-refractivity contribution is 7.13. The molecule has 6 nitrogen and oxygen atoms in total. The molecule has 0 radical (unpaired) electrons. The molecule has 6 aromatic rings.